The summed E-state index contributed by atoms with van der Waals surface area (Å²) in [5.41, 5.74) is -16.9. The topological polar surface area (TPSA) is 347 Å². The molecule has 0 amide bonds. The summed E-state index contributed by atoms with van der Waals surface area (Å²) in [4.78, 5) is 0. The fourth-order valence-corrected chi connectivity index (χ4v) is 0. The van der Waals surface area contributed by atoms with E-state index < -0.39 is 46.9 Å². The summed E-state index contributed by atoms with van der Waals surface area (Å²) in [7, 11) is -17.8. The minimum atomic E-state index is -6.09. The number of rotatable bonds is 1. The Bertz CT molecular complexity index is 716. The van der Waals surface area contributed by atoms with Crippen LogP contribution in [0.5, 0.6) is 0 Å². The molecule has 0 unspecified atom stereocenters. The predicted molar refractivity (Wildman–Crippen MR) is 102 cm³/mol. The summed E-state index contributed by atoms with van der Waals surface area (Å²) in [6, 6.07) is 0. The smallest absolute Gasteiger partial charge is 0.741 e. The molecule has 226 valence electrons. The van der Waals surface area contributed by atoms with Gasteiger partial charge in [0.25, 0.3) is 0 Å². The zero-order valence-corrected chi connectivity index (χ0v) is 23.2. The second-order valence-electron chi connectivity index (χ2n) is 3.75. The molecule has 14 nitrogen and oxygen atoms in total. The van der Waals surface area contributed by atoms with E-state index >= 15 is 0 Å². The fraction of sp³-hybridized carbons (Fsp3) is 0.714. The Hall–Kier alpha value is -0.374. The summed E-state index contributed by atoms with van der Waals surface area (Å²) in [6.07, 6.45) is 4.26. The molecule has 0 spiro atoms. The maximum absolute atomic E-state index is 10.7. The van der Waals surface area contributed by atoms with Crippen molar-refractivity contribution in [2.45, 2.75) is 16.5 Å². The number of alkyl halides is 9. The zero-order chi connectivity index (χ0) is 25.3. The first-order chi connectivity index (χ1) is 12.0. The Labute approximate surface area is 211 Å². The summed E-state index contributed by atoms with van der Waals surface area (Å²) >= 11 is 0. The van der Waals surface area contributed by atoms with Gasteiger partial charge in [0.2, 0.25) is 0 Å². The average molecular weight is 812 g/mol. The first-order valence-electron chi connectivity index (χ1n) is 5.27. The van der Waals surface area contributed by atoms with Crippen LogP contribution in [0.25, 0.3) is 0 Å². The first kappa shape index (κ1) is 64.6. The molecule has 28 heteroatoms. The summed E-state index contributed by atoms with van der Waals surface area (Å²) < 4.78 is 177. The van der Waals surface area contributed by atoms with Crippen LogP contribution in [0.1, 0.15) is 0 Å². The second kappa shape index (κ2) is 22.8. The molecule has 0 fully saturated rings. The van der Waals surface area contributed by atoms with E-state index in [0.717, 1.165) is 0 Å². The molecular formula is C7H24F9N5O9OsS4. The van der Waals surface area contributed by atoms with Crippen LogP contribution in [0.4, 0.5) is 39.5 Å². The van der Waals surface area contributed by atoms with Crippen LogP contribution < -0.4 is 30.8 Å². The molecule has 0 aromatic heterocycles. The number of halogens is 9. The normalized spacial score (nSPS) is 10.8. The van der Waals surface area contributed by atoms with Gasteiger partial charge in [0.15, 0.2) is 30.4 Å². The molecule has 0 saturated heterocycles. The Kier molecular flexibility index (Phi) is 42.0. The van der Waals surface area contributed by atoms with Crippen molar-refractivity contribution in [3.63, 3.8) is 0 Å². The van der Waals surface area contributed by atoms with Crippen LogP contribution >= 0.6 is 0 Å². The average Bonchev–Trinajstić information content (AvgIpc) is 2.33. The standard InChI is InChI=1S/C4H9S.3CHF3O3S.5H3N.Os/c1-4-5(2)3;3*2-1(3,4)8(5,6)7;;;;;;/h4H,1H2,2-3H3;3*(H,5,6,7);5*1H3;/q+1;;;;;;;;;+2/p-3. The zero-order valence-electron chi connectivity index (χ0n) is 17.4. The Morgan fingerprint density at radius 3 is 0.629 bits per heavy atom. The van der Waals surface area contributed by atoms with Gasteiger partial charge in [-0.3, -0.25) is 0 Å². The van der Waals surface area contributed by atoms with Crippen LogP contribution in [-0.2, 0) is 61.0 Å². The summed E-state index contributed by atoms with van der Waals surface area (Å²) in [6.45, 7) is 3.57. The quantitative estimate of drug-likeness (QED) is 0.109. The van der Waals surface area contributed by atoms with E-state index in [1.165, 1.54) is 0 Å². The third-order valence-corrected chi connectivity index (χ3v) is 3.55. The molecule has 0 aromatic rings. The molecule has 0 aliphatic heterocycles. The first-order valence-corrected chi connectivity index (χ1v) is 11.6. The third-order valence-electron chi connectivity index (χ3n) is 1.18. The van der Waals surface area contributed by atoms with Gasteiger partial charge >= 0.3 is 36.3 Å². The van der Waals surface area contributed by atoms with Gasteiger partial charge in [-0.15, -0.1) is 0 Å². The van der Waals surface area contributed by atoms with Crippen molar-refractivity contribution in [2.75, 3.05) is 12.5 Å². The Balaban J connectivity index is -0.0000000285. The Morgan fingerprint density at radius 2 is 0.629 bits per heavy atom. The van der Waals surface area contributed by atoms with E-state index in [2.05, 4.69) is 19.1 Å². The van der Waals surface area contributed by atoms with Crippen LogP contribution in [0.2, 0.25) is 0 Å². The maximum Gasteiger partial charge on any atom is 2.00 e. The molecular weight excluding hydrogens is 788 g/mol. The van der Waals surface area contributed by atoms with Crippen molar-refractivity contribution in [3.05, 3.63) is 12.0 Å². The minimum absolute atomic E-state index is 0. The van der Waals surface area contributed by atoms with Crippen LogP contribution in [0.3, 0.4) is 0 Å². The molecule has 0 aliphatic carbocycles. The predicted octanol–water partition coefficient (Wildman–Crippen LogP) is 1.97. The van der Waals surface area contributed by atoms with Gasteiger partial charge in [-0.05, 0) is 0 Å². The monoisotopic (exact) mass is 813 g/mol. The molecule has 0 bridgehead atoms. The second-order valence-corrected chi connectivity index (χ2v) is 9.95. The van der Waals surface area contributed by atoms with Gasteiger partial charge in [-0.25, -0.2) is 25.3 Å². The van der Waals surface area contributed by atoms with Crippen molar-refractivity contribution in [1.82, 2.24) is 30.8 Å². The van der Waals surface area contributed by atoms with Gasteiger partial charge in [0, 0.05) is 10.9 Å². The molecule has 0 atom stereocenters. The fourth-order valence-electron chi connectivity index (χ4n) is 0. The van der Waals surface area contributed by atoms with E-state index in [-0.39, 0.29) is 50.5 Å². The third kappa shape index (κ3) is 41.0. The van der Waals surface area contributed by atoms with Gasteiger partial charge in [0.05, 0.1) is 0 Å². The largest absolute Gasteiger partial charge is 2.00 e. The minimum Gasteiger partial charge on any atom is -0.741 e. The van der Waals surface area contributed by atoms with Gasteiger partial charge in [-0.2, -0.15) is 39.5 Å². The van der Waals surface area contributed by atoms with Crippen molar-refractivity contribution >= 4 is 41.2 Å². The molecule has 15 N–H and O–H groups in total. The summed E-state index contributed by atoms with van der Waals surface area (Å²) in [5, 5.41) is 1.94. The maximum atomic E-state index is 10.7. The van der Waals surface area contributed by atoms with E-state index in [4.69, 9.17) is 38.9 Å². The van der Waals surface area contributed by atoms with Gasteiger partial charge in [-0.1, -0.05) is 6.58 Å². The molecule has 0 rings (SSSR count). The molecule has 0 aliphatic rings. The van der Waals surface area contributed by atoms with E-state index in [1.807, 2.05) is 5.41 Å². The van der Waals surface area contributed by atoms with Crippen molar-refractivity contribution in [1.29, 1.82) is 0 Å². The van der Waals surface area contributed by atoms with Gasteiger partial charge in [0.1, 0.15) is 17.9 Å². The van der Waals surface area contributed by atoms with E-state index in [0.29, 0.717) is 10.9 Å². The summed E-state index contributed by atoms with van der Waals surface area (Å²) in [5.74, 6) is 0. The molecule has 35 heavy (non-hydrogen) atoms. The SMILES string of the molecule is C=C[S+](C)C.N.N.N.N.N.O=S(=O)([O-])C(F)(F)F.O=S(=O)([O-])C(F)(F)F.O=S(=O)([O-])C(F)(F)F.[Os+2]. The van der Waals surface area contributed by atoms with Crippen molar-refractivity contribution < 1.29 is 98.2 Å². The molecule has 0 saturated carbocycles. The van der Waals surface area contributed by atoms with Crippen molar-refractivity contribution in [2.24, 2.45) is 0 Å². The number of hydrogen-bond acceptors (Lipinski definition) is 14. The van der Waals surface area contributed by atoms with Crippen LogP contribution in [0.15, 0.2) is 12.0 Å². The van der Waals surface area contributed by atoms with Crippen LogP contribution in [0, 0.1) is 0 Å². The van der Waals surface area contributed by atoms with E-state index in [1.54, 1.807) is 0 Å². The van der Waals surface area contributed by atoms with Crippen LogP contribution in [-0.4, -0.2) is 67.9 Å². The molecule has 0 heterocycles. The molecule has 0 radical (unpaired) electrons. The van der Waals surface area contributed by atoms with Gasteiger partial charge < -0.3 is 44.4 Å². The number of hydrogen-bond donors (Lipinski definition) is 5. The Morgan fingerprint density at radius 1 is 0.571 bits per heavy atom. The van der Waals surface area contributed by atoms with E-state index in [9.17, 15) is 39.5 Å². The molecule has 0 aromatic carbocycles. The van der Waals surface area contributed by atoms with Crippen molar-refractivity contribution in [3.8, 4) is 0 Å².